The fourth-order valence-electron chi connectivity index (χ4n) is 1.63. The van der Waals surface area contributed by atoms with E-state index >= 15 is 0 Å². The van der Waals surface area contributed by atoms with E-state index in [9.17, 15) is 8.42 Å². The van der Waals surface area contributed by atoms with E-state index in [0.29, 0.717) is 6.54 Å². The molecule has 0 unspecified atom stereocenters. The Labute approximate surface area is 109 Å². The van der Waals surface area contributed by atoms with E-state index in [1.165, 1.54) is 0 Å². The summed E-state index contributed by atoms with van der Waals surface area (Å²) in [6.07, 6.45) is 0.830. The van der Waals surface area contributed by atoms with Gasteiger partial charge in [-0.05, 0) is 24.6 Å². The molecule has 0 amide bonds. The van der Waals surface area contributed by atoms with Crippen molar-refractivity contribution in [1.82, 2.24) is 5.32 Å². The van der Waals surface area contributed by atoms with Crippen LogP contribution in [0.3, 0.4) is 0 Å². The molecule has 1 rings (SSSR count). The van der Waals surface area contributed by atoms with Gasteiger partial charge in [-0.25, -0.2) is 8.42 Å². The third kappa shape index (κ3) is 5.06. The Kier molecular flexibility index (Phi) is 6.15. The van der Waals surface area contributed by atoms with Crippen LogP contribution in [0.4, 0.5) is 0 Å². The molecule has 102 valence electrons. The van der Waals surface area contributed by atoms with Gasteiger partial charge in [0.2, 0.25) is 0 Å². The lowest BCUT2D eigenvalue weighted by atomic mass is 10.1. The Morgan fingerprint density at radius 1 is 1.22 bits per heavy atom. The maximum Gasteiger partial charge on any atom is 0.151 e. The molecule has 0 saturated carbocycles. The largest absolute Gasteiger partial charge is 0.496 e. The highest BCUT2D eigenvalue weighted by atomic mass is 32.2. The first kappa shape index (κ1) is 15.0. The first-order chi connectivity index (χ1) is 8.59. The van der Waals surface area contributed by atoms with Crippen molar-refractivity contribution >= 4 is 9.84 Å². The van der Waals surface area contributed by atoms with Crippen LogP contribution in [0.25, 0.3) is 0 Å². The number of para-hydroxylation sites is 1. The molecule has 0 atom stereocenters. The zero-order valence-electron chi connectivity index (χ0n) is 11.0. The van der Waals surface area contributed by atoms with Gasteiger partial charge in [0.1, 0.15) is 5.75 Å². The summed E-state index contributed by atoms with van der Waals surface area (Å²) in [4.78, 5) is 0. The van der Waals surface area contributed by atoms with Crippen LogP contribution in [0.15, 0.2) is 24.3 Å². The van der Waals surface area contributed by atoms with Crippen molar-refractivity contribution in [2.75, 3.05) is 31.7 Å². The van der Waals surface area contributed by atoms with Gasteiger partial charge in [-0.15, -0.1) is 0 Å². The number of rotatable bonds is 8. The van der Waals surface area contributed by atoms with E-state index in [0.717, 1.165) is 24.3 Å². The van der Waals surface area contributed by atoms with Gasteiger partial charge in [0.05, 0.1) is 12.9 Å². The highest BCUT2D eigenvalue weighted by Crippen LogP contribution is 2.17. The summed E-state index contributed by atoms with van der Waals surface area (Å²) in [5.41, 5.74) is 1.13. The van der Waals surface area contributed by atoms with Gasteiger partial charge in [0.15, 0.2) is 9.84 Å². The molecule has 0 saturated heterocycles. The van der Waals surface area contributed by atoms with E-state index in [1.54, 1.807) is 14.0 Å². The van der Waals surface area contributed by atoms with Crippen LogP contribution in [0.5, 0.6) is 5.75 Å². The Hall–Kier alpha value is -1.07. The minimum atomic E-state index is -2.86. The molecule has 0 aromatic heterocycles. The number of hydrogen-bond acceptors (Lipinski definition) is 4. The van der Waals surface area contributed by atoms with Crippen molar-refractivity contribution in [3.05, 3.63) is 29.8 Å². The number of hydrogen-bond donors (Lipinski definition) is 1. The quantitative estimate of drug-likeness (QED) is 0.723. The molecule has 0 aliphatic rings. The number of methoxy groups -OCH3 is 1. The van der Waals surface area contributed by atoms with Crippen LogP contribution in [0.2, 0.25) is 0 Å². The monoisotopic (exact) mass is 271 g/mol. The zero-order chi connectivity index (χ0) is 13.4. The van der Waals surface area contributed by atoms with Crippen LogP contribution in [0.1, 0.15) is 12.5 Å². The van der Waals surface area contributed by atoms with Crippen LogP contribution >= 0.6 is 0 Å². The molecule has 0 aliphatic carbocycles. The first-order valence-electron chi connectivity index (χ1n) is 6.12. The number of nitrogens with one attached hydrogen (secondary N) is 1. The Bertz CT molecular complexity index is 457. The van der Waals surface area contributed by atoms with Gasteiger partial charge in [0.25, 0.3) is 0 Å². The summed E-state index contributed by atoms with van der Waals surface area (Å²) in [6, 6.07) is 7.85. The summed E-state index contributed by atoms with van der Waals surface area (Å²) in [5.74, 6) is 1.29. The van der Waals surface area contributed by atoms with Crippen LogP contribution in [-0.2, 0) is 16.3 Å². The van der Waals surface area contributed by atoms with Crippen molar-refractivity contribution in [3.8, 4) is 5.75 Å². The summed E-state index contributed by atoms with van der Waals surface area (Å²) in [5, 5.41) is 3.14. The average Bonchev–Trinajstić information content (AvgIpc) is 2.38. The molecule has 4 nitrogen and oxygen atoms in total. The fraction of sp³-hybridized carbons (Fsp3) is 0.538. The molecular weight excluding hydrogens is 250 g/mol. The minimum absolute atomic E-state index is 0.204. The minimum Gasteiger partial charge on any atom is -0.496 e. The summed E-state index contributed by atoms with van der Waals surface area (Å²) in [7, 11) is -1.21. The maximum atomic E-state index is 11.3. The Morgan fingerprint density at radius 2 is 1.94 bits per heavy atom. The van der Waals surface area contributed by atoms with Crippen molar-refractivity contribution < 1.29 is 13.2 Å². The molecule has 18 heavy (non-hydrogen) atoms. The molecule has 5 heteroatoms. The average molecular weight is 271 g/mol. The molecule has 1 N–H and O–H groups in total. The van der Waals surface area contributed by atoms with Gasteiger partial charge in [-0.1, -0.05) is 25.1 Å². The third-order valence-electron chi connectivity index (χ3n) is 2.79. The lowest BCUT2D eigenvalue weighted by Gasteiger charge is -2.08. The third-order valence-corrected chi connectivity index (χ3v) is 4.50. The summed E-state index contributed by atoms with van der Waals surface area (Å²) >= 11 is 0. The van der Waals surface area contributed by atoms with E-state index in [4.69, 9.17) is 4.74 Å². The summed E-state index contributed by atoms with van der Waals surface area (Å²) < 4.78 is 27.8. The first-order valence-corrected chi connectivity index (χ1v) is 7.94. The van der Waals surface area contributed by atoms with Crippen LogP contribution < -0.4 is 10.1 Å². The zero-order valence-corrected chi connectivity index (χ0v) is 11.8. The molecular formula is C13H21NO3S. The Morgan fingerprint density at radius 3 is 2.61 bits per heavy atom. The predicted octanol–water partition coefficient (Wildman–Crippen LogP) is 1.26. The predicted molar refractivity (Wildman–Crippen MR) is 73.9 cm³/mol. The Balaban J connectivity index is 2.30. The molecule has 0 radical (unpaired) electrons. The molecule has 1 aromatic rings. The maximum absolute atomic E-state index is 11.3. The summed E-state index contributed by atoms with van der Waals surface area (Å²) in [6.45, 7) is 2.93. The van der Waals surface area contributed by atoms with Crippen molar-refractivity contribution in [2.45, 2.75) is 13.3 Å². The van der Waals surface area contributed by atoms with E-state index in [-0.39, 0.29) is 11.5 Å². The van der Waals surface area contributed by atoms with E-state index in [1.807, 2.05) is 24.3 Å². The standard InChI is InChI=1S/C13H21NO3S/c1-3-18(15,16)11-10-14-9-8-12-6-4-5-7-13(12)17-2/h4-7,14H,3,8-11H2,1-2H3. The van der Waals surface area contributed by atoms with Crippen LogP contribution in [-0.4, -0.2) is 40.1 Å². The van der Waals surface area contributed by atoms with E-state index < -0.39 is 9.84 Å². The lowest BCUT2D eigenvalue weighted by Crippen LogP contribution is -2.25. The number of benzene rings is 1. The topological polar surface area (TPSA) is 55.4 Å². The van der Waals surface area contributed by atoms with E-state index in [2.05, 4.69) is 5.32 Å². The molecule has 0 spiro atoms. The molecule has 1 aromatic carbocycles. The fourth-order valence-corrected chi connectivity index (χ4v) is 2.37. The highest BCUT2D eigenvalue weighted by molar-refractivity contribution is 7.91. The second kappa shape index (κ2) is 7.38. The molecule has 0 aliphatic heterocycles. The van der Waals surface area contributed by atoms with Gasteiger partial charge >= 0.3 is 0 Å². The lowest BCUT2D eigenvalue weighted by molar-refractivity contribution is 0.409. The smallest absolute Gasteiger partial charge is 0.151 e. The van der Waals surface area contributed by atoms with Gasteiger partial charge in [-0.3, -0.25) is 0 Å². The normalized spacial score (nSPS) is 11.4. The van der Waals surface area contributed by atoms with Gasteiger partial charge in [-0.2, -0.15) is 0 Å². The second-order valence-electron chi connectivity index (χ2n) is 4.05. The molecule has 0 heterocycles. The number of ether oxygens (including phenoxy) is 1. The second-order valence-corrected chi connectivity index (χ2v) is 6.52. The van der Waals surface area contributed by atoms with Crippen molar-refractivity contribution in [3.63, 3.8) is 0 Å². The van der Waals surface area contributed by atoms with Crippen molar-refractivity contribution in [2.24, 2.45) is 0 Å². The molecule has 0 fully saturated rings. The SMILES string of the molecule is CCS(=O)(=O)CCNCCc1ccccc1OC. The van der Waals surface area contributed by atoms with Crippen LogP contribution in [0, 0.1) is 0 Å². The van der Waals surface area contributed by atoms with Gasteiger partial charge in [0, 0.05) is 12.3 Å². The number of sulfone groups is 1. The molecule has 0 bridgehead atoms. The van der Waals surface area contributed by atoms with Gasteiger partial charge < -0.3 is 10.1 Å². The highest BCUT2D eigenvalue weighted by Gasteiger charge is 2.06. The van der Waals surface area contributed by atoms with Crippen molar-refractivity contribution in [1.29, 1.82) is 0 Å².